The summed E-state index contributed by atoms with van der Waals surface area (Å²) >= 11 is 0. The van der Waals surface area contributed by atoms with Crippen molar-refractivity contribution in [3.8, 4) is 0 Å². The van der Waals surface area contributed by atoms with Gasteiger partial charge in [0.2, 0.25) is 0 Å². The minimum Gasteiger partial charge on any atom is -0.444 e. The fourth-order valence-electron chi connectivity index (χ4n) is 1.93. The number of carbonyl (C=O) groups is 1. The van der Waals surface area contributed by atoms with Crippen molar-refractivity contribution in [2.45, 2.75) is 58.1 Å². The molecule has 0 unspecified atom stereocenters. The zero-order chi connectivity index (χ0) is 12.2. The van der Waals surface area contributed by atoms with E-state index in [0.29, 0.717) is 0 Å². The molecule has 3 heteroatoms. The summed E-state index contributed by atoms with van der Waals surface area (Å²) < 4.78 is 5.40. The Morgan fingerprint density at radius 2 is 2.06 bits per heavy atom. The molecular weight excluding hydrogens is 202 g/mol. The van der Waals surface area contributed by atoms with Gasteiger partial charge in [-0.3, -0.25) is 0 Å². The number of amides is 1. The van der Waals surface area contributed by atoms with E-state index in [2.05, 4.69) is 6.58 Å². The number of nitrogens with zero attached hydrogens (tertiary/aromatic N) is 1. The van der Waals surface area contributed by atoms with Gasteiger partial charge in [-0.1, -0.05) is 18.9 Å². The highest BCUT2D eigenvalue weighted by atomic mass is 16.6. The van der Waals surface area contributed by atoms with Gasteiger partial charge in [0.15, 0.2) is 0 Å². The molecule has 1 saturated heterocycles. The van der Waals surface area contributed by atoms with Crippen molar-refractivity contribution in [1.82, 2.24) is 4.90 Å². The van der Waals surface area contributed by atoms with E-state index in [1.807, 2.05) is 31.7 Å². The lowest BCUT2D eigenvalue weighted by Gasteiger charge is -2.30. The second-order valence-electron chi connectivity index (χ2n) is 5.33. The van der Waals surface area contributed by atoms with Crippen LogP contribution in [0.1, 0.15) is 46.5 Å². The molecule has 0 bridgehead atoms. The third-order valence-corrected chi connectivity index (χ3v) is 2.70. The van der Waals surface area contributed by atoms with Gasteiger partial charge in [0.1, 0.15) is 5.60 Å². The summed E-state index contributed by atoms with van der Waals surface area (Å²) in [6, 6.07) is 0.136. The lowest BCUT2D eigenvalue weighted by atomic mass is 10.1. The fraction of sp³-hybridized carbons (Fsp3) is 0.769. The zero-order valence-electron chi connectivity index (χ0n) is 10.7. The Balaban J connectivity index is 2.66. The molecule has 0 spiro atoms. The zero-order valence-corrected chi connectivity index (χ0v) is 10.7. The van der Waals surface area contributed by atoms with Gasteiger partial charge in [0.05, 0.1) is 6.04 Å². The number of hydrogen-bond donors (Lipinski definition) is 0. The third kappa shape index (κ3) is 3.87. The van der Waals surface area contributed by atoms with E-state index in [4.69, 9.17) is 4.74 Å². The van der Waals surface area contributed by atoms with Gasteiger partial charge >= 0.3 is 6.09 Å². The molecule has 1 atom stereocenters. The average Bonchev–Trinajstić information content (AvgIpc) is 2.39. The van der Waals surface area contributed by atoms with E-state index in [1.165, 1.54) is 6.42 Å². The van der Waals surface area contributed by atoms with Gasteiger partial charge < -0.3 is 9.64 Å². The van der Waals surface area contributed by atoms with E-state index in [1.54, 1.807) is 0 Å². The number of likely N-dealkylation sites (tertiary alicyclic amines) is 1. The second kappa shape index (κ2) is 5.37. The van der Waals surface area contributed by atoms with Crippen LogP contribution in [-0.4, -0.2) is 29.2 Å². The number of hydrogen-bond acceptors (Lipinski definition) is 2. The molecule has 16 heavy (non-hydrogen) atoms. The van der Waals surface area contributed by atoms with Crippen molar-refractivity contribution < 1.29 is 9.53 Å². The van der Waals surface area contributed by atoms with E-state index < -0.39 is 5.60 Å². The summed E-state index contributed by atoms with van der Waals surface area (Å²) in [6.45, 7) is 10.3. The van der Waals surface area contributed by atoms with E-state index in [0.717, 1.165) is 25.8 Å². The summed E-state index contributed by atoms with van der Waals surface area (Å²) in [5.41, 5.74) is -0.422. The van der Waals surface area contributed by atoms with E-state index in [9.17, 15) is 4.79 Å². The van der Waals surface area contributed by atoms with Crippen LogP contribution in [0.5, 0.6) is 0 Å². The second-order valence-corrected chi connectivity index (χ2v) is 5.33. The standard InChI is InChI=1S/C13H23NO2/c1-5-11-9-7-6-8-10-14(11)12(15)16-13(2,3)4/h5,11H,1,6-10H2,2-4H3/t11-/m1/s1. The van der Waals surface area contributed by atoms with Gasteiger partial charge in [0, 0.05) is 6.54 Å². The van der Waals surface area contributed by atoms with Crippen LogP contribution in [0.15, 0.2) is 12.7 Å². The van der Waals surface area contributed by atoms with Gasteiger partial charge in [-0.05, 0) is 33.6 Å². The van der Waals surface area contributed by atoms with Gasteiger partial charge in [0.25, 0.3) is 0 Å². The molecule has 1 amide bonds. The normalized spacial score (nSPS) is 22.4. The van der Waals surface area contributed by atoms with Gasteiger partial charge in [-0.15, -0.1) is 6.58 Å². The Bertz CT molecular complexity index is 255. The van der Waals surface area contributed by atoms with Crippen LogP contribution in [0, 0.1) is 0 Å². The maximum atomic E-state index is 12.0. The molecule has 1 fully saturated rings. The fourth-order valence-corrected chi connectivity index (χ4v) is 1.93. The third-order valence-electron chi connectivity index (χ3n) is 2.70. The average molecular weight is 225 g/mol. The molecule has 0 aromatic carbocycles. The molecule has 0 aliphatic carbocycles. The van der Waals surface area contributed by atoms with Gasteiger partial charge in [-0.2, -0.15) is 0 Å². The van der Waals surface area contributed by atoms with Crippen molar-refractivity contribution in [2.75, 3.05) is 6.54 Å². The molecule has 3 nitrogen and oxygen atoms in total. The molecule has 1 heterocycles. The van der Waals surface area contributed by atoms with Crippen LogP contribution < -0.4 is 0 Å². The molecule has 1 aliphatic heterocycles. The topological polar surface area (TPSA) is 29.5 Å². The SMILES string of the molecule is C=C[C@@H]1CCCCCN1C(=O)OC(C)(C)C. The monoisotopic (exact) mass is 225 g/mol. The first-order valence-electron chi connectivity index (χ1n) is 6.06. The molecule has 0 radical (unpaired) electrons. The van der Waals surface area contributed by atoms with Crippen LogP contribution >= 0.6 is 0 Å². The molecule has 1 rings (SSSR count). The van der Waals surface area contributed by atoms with E-state index >= 15 is 0 Å². The summed E-state index contributed by atoms with van der Waals surface area (Å²) in [5, 5.41) is 0. The minimum atomic E-state index is -0.422. The predicted octanol–water partition coefficient (Wildman–Crippen LogP) is 3.35. The Morgan fingerprint density at radius 3 is 2.62 bits per heavy atom. The van der Waals surface area contributed by atoms with Crippen molar-refractivity contribution in [2.24, 2.45) is 0 Å². The van der Waals surface area contributed by atoms with Crippen LogP contribution in [-0.2, 0) is 4.74 Å². The lowest BCUT2D eigenvalue weighted by molar-refractivity contribution is 0.0205. The molecule has 0 aromatic heterocycles. The first kappa shape index (κ1) is 13.1. The van der Waals surface area contributed by atoms with Crippen molar-refractivity contribution in [1.29, 1.82) is 0 Å². The lowest BCUT2D eigenvalue weighted by Crippen LogP contribution is -2.42. The van der Waals surface area contributed by atoms with Crippen LogP contribution in [0.2, 0.25) is 0 Å². The summed E-state index contributed by atoms with van der Waals surface area (Å²) in [4.78, 5) is 13.8. The number of rotatable bonds is 1. The van der Waals surface area contributed by atoms with Crippen molar-refractivity contribution >= 4 is 6.09 Å². The Labute approximate surface area is 98.5 Å². The summed E-state index contributed by atoms with van der Waals surface area (Å²) in [7, 11) is 0. The highest BCUT2D eigenvalue weighted by Gasteiger charge is 2.27. The highest BCUT2D eigenvalue weighted by molar-refractivity contribution is 5.68. The van der Waals surface area contributed by atoms with E-state index in [-0.39, 0.29) is 12.1 Å². The maximum Gasteiger partial charge on any atom is 0.410 e. The van der Waals surface area contributed by atoms with Crippen LogP contribution in [0.4, 0.5) is 4.79 Å². The molecule has 92 valence electrons. The first-order chi connectivity index (χ1) is 7.44. The van der Waals surface area contributed by atoms with Crippen LogP contribution in [0.25, 0.3) is 0 Å². The summed E-state index contributed by atoms with van der Waals surface area (Å²) in [6.07, 6.45) is 6.06. The van der Waals surface area contributed by atoms with Crippen LogP contribution in [0.3, 0.4) is 0 Å². The van der Waals surface area contributed by atoms with Gasteiger partial charge in [-0.25, -0.2) is 4.79 Å². The quantitative estimate of drug-likeness (QED) is 0.640. The number of ether oxygens (including phenoxy) is 1. The largest absolute Gasteiger partial charge is 0.444 e. The Kier molecular flexibility index (Phi) is 4.39. The molecule has 0 N–H and O–H groups in total. The molecule has 1 aliphatic rings. The summed E-state index contributed by atoms with van der Waals surface area (Å²) in [5.74, 6) is 0. The number of carbonyl (C=O) groups excluding carboxylic acids is 1. The minimum absolute atomic E-state index is 0.136. The molecule has 0 aromatic rings. The Morgan fingerprint density at radius 1 is 1.38 bits per heavy atom. The molecular formula is C13H23NO2. The predicted molar refractivity (Wildman–Crippen MR) is 65.4 cm³/mol. The smallest absolute Gasteiger partial charge is 0.410 e. The highest BCUT2D eigenvalue weighted by Crippen LogP contribution is 2.20. The maximum absolute atomic E-state index is 12.0. The van der Waals surface area contributed by atoms with Crippen molar-refractivity contribution in [3.63, 3.8) is 0 Å². The molecule has 0 saturated carbocycles. The first-order valence-corrected chi connectivity index (χ1v) is 6.06. The van der Waals surface area contributed by atoms with Crippen molar-refractivity contribution in [3.05, 3.63) is 12.7 Å². The Hall–Kier alpha value is -0.990.